The molecule has 104 valence electrons. The molecule has 20 heavy (non-hydrogen) atoms. The second-order valence-corrected chi connectivity index (χ2v) is 5.28. The van der Waals surface area contributed by atoms with Gasteiger partial charge in [0.15, 0.2) is 5.82 Å². The van der Waals surface area contributed by atoms with E-state index < -0.39 is 0 Å². The Labute approximate surface area is 119 Å². The van der Waals surface area contributed by atoms with E-state index in [2.05, 4.69) is 23.3 Å². The van der Waals surface area contributed by atoms with Crippen LogP contribution in [0.2, 0.25) is 0 Å². The van der Waals surface area contributed by atoms with E-state index in [9.17, 15) is 0 Å². The summed E-state index contributed by atoms with van der Waals surface area (Å²) in [5.74, 6) is 1.73. The summed E-state index contributed by atoms with van der Waals surface area (Å²) in [4.78, 5) is 13.9. The fourth-order valence-corrected chi connectivity index (χ4v) is 2.62. The van der Waals surface area contributed by atoms with Crippen molar-refractivity contribution in [2.75, 3.05) is 11.9 Å². The van der Waals surface area contributed by atoms with Gasteiger partial charge in [0.1, 0.15) is 11.5 Å². The van der Waals surface area contributed by atoms with Gasteiger partial charge in [0, 0.05) is 24.0 Å². The van der Waals surface area contributed by atoms with E-state index in [-0.39, 0.29) is 0 Å². The highest BCUT2D eigenvalue weighted by molar-refractivity contribution is 5.57. The van der Waals surface area contributed by atoms with Crippen LogP contribution < -0.4 is 5.32 Å². The van der Waals surface area contributed by atoms with E-state index in [1.807, 2.05) is 19.2 Å². The highest BCUT2D eigenvalue weighted by Gasteiger charge is 2.18. The highest BCUT2D eigenvalue weighted by Crippen LogP contribution is 2.27. The first-order valence-corrected chi connectivity index (χ1v) is 7.34. The summed E-state index contributed by atoms with van der Waals surface area (Å²) >= 11 is 0. The van der Waals surface area contributed by atoms with E-state index in [0.717, 1.165) is 42.3 Å². The first-order valence-electron chi connectivity index (χ1n) is 7.34. The molecular weight excluding hydrogens is 248 g/mol. The zero-order chi connectivity index (χ0) is 13.9. The minimum absolute atomic E-state index is 0.738. The van der Waals surface area contributed by atoms with Crippen LogP contribution in [0, 0.1) is 6.92 Å². The fourth-order valence-electron chi connectivity index (χ4n) is 2.62. The van der Waals surface area contributed by atoms with Crippen molar-refractivity contribution in [2.24, 2.45) is 0 Å². The van der Waals surface area contributed by atoms with E-state index in [4.69, 9.17) is 9.97 Å². The van der Waals surface area contributed by atoms with E-state index >= 15 is 0 Å². The summed E-state index contributed by atoms with van der Waals surface area (Å²) in [5, 5.41) is 3.38. The van der Waals surface area contributed by atoms with Crippen LogP contribution in [0.5, 0.6) is 0 Å². The Morgan fingerprint density at radius 1 is 1.15 bits per heavy atom. The third-order valence-corrected chi connectivity index (χ3v) is 3.67. The Morgan fingerprint density at radius 3 is 2.75 bits per heavy atom. The Bertz CT molecular complexity index is 605. The summed E-state index contributed by atoms with van der Waals surface area (Å²) in [6.07, 6.45) is 6.45. The maximum Gasteiger partial charge on any atom is 0.180 e. The standard InChI is InChI=1S/C16H20N4/c1-3-17-15-12-6-4-5-7-13(12)19-16(20-15)14-9-8-11(2)10-18-14/h8-10H,3-7H2,1-2H3,(H,17,19,20). The van der Waals surface area contributed by atoms with Gasteiger partial charge in [-0.3, -0.25) is 4.98 Å². The Balaban J connectivity index is 2.07. The van der Waals surface area contributed by atoms with Gasteiger partial charge in [-0.05, 0) is 51.2 Å². The van der Waals surface area contributed by atoms with Crippen molar-refractivity contribution in [1.82, 2.24) is 15.0 Å². The van der Waals surface area contributed by atoms with Crippen molar-refractivity contribution in [3.8, 4) is 11.5 Å². The highest BCUT2D eigenvalue weighted by atomic mass is 15.0. The van der Waals surface area contributed by atoms with E-state index in [1.54, 1.807) is 0 Å². The molecule has 2 aromatic heterocycles. The van der Waals surface area contributed by atoms with Crippen LogP contribution >= 0.6 is 0 Å². The van der Waals surface area contributed by atoms with Crippen LogP contribution in [0.25, 0.3) is 11.5 Å². The lowest BCUT2D eigenvalue weighted by Gasteiger charge is -2.19. The van der Waals surface area contributed by atoms with Crippen molar-refractivity contribution in [1.29, 1.82) is 0 Å². The molecule has 0 radical (unpaired) electrons. The third kappa shape index (κ3) is 2.50. The number of hydrogen-bond donors (Lipinski definition) is 1. The molecule has 1 aliphatic rings. The molecular formula is C16H20N4. The van der Waals surface area contributed by atoms with Crippen LogP contribution in [-0.4, -0.2) is 21.5 Å². The van der Waals surface area contributed by atoms with Gasteiger partial charge in [0.25, 0.3) is 0 Å². The number of hydrogen-bond acceptors (Lipinski definition) is 4. The van der Waals surface area contributed by atoms with Crippen molar-refractivity contribution >= 4 is 5.82 Å². The van der Waals surface area contributed by atoms with Crippen molar-refractivity contribution in [2.45, 2.75) is 39.5 Å². The molecule has 0 aromatic carbocycles. The lowest BCUT2D eigenvalue weighted by atomic mass is 9.96. The van der Waals surface area contributed by atoms with Crippen LogP contribution in [-0.2, 0) is 12.8 Å². The molecule has 1 N–H and O–H groups in total. The molecule has 0 spiro atoms. The lowest BCUT2D eigenvalue weighted by molar-refractivity contribution is 0.664. The molecule has 0 saturated heterocycles. The predicted octanol–water partition coefficient (Wildman–Crippen LogP) is 3.16. The fraction of sp³-hybridized carbons (Fsp3) is 0.438. The summed E-state index contributed by atoms with van der Waals surface area (Å²) < 4.78 is 0. The molecule has 0 fully saturated rings. The van der Waals surface area contributed by atoms with Crippen LogP contribution in [0.15, 0.2) is 18.3 Å². The molecule has 0 aliphatic heterocycles. The summed E-state index contributed by atoms with van der Waals surface area (Å²) in [7, 11) is 0. The second-order valence-electron chi connectivity index (χ2n) is 5.28. The van der Waals surface area contributed by atoms with Gasteiger partial charge >= 0.3 is 0 Å². The number of aryl methyl sites for hydroxylation is 2. The molecule has 1 aliphatic carbocycles. The number of fused-ring (bicyclic) bond motifs is 1. The molecule has 2 aromatic rings. The minimum Gasteiger partial charge on any atom is -0.370 e. The zero-order valence-corrected chi connectivity index (χ0v) is 12.1. The van der Waals surface area contributed by atoms with Gasteiger partial charge in [0.2, 0.25) is 0 Å². The van der Waals surface area contributed by atoms with Gasteiger partial charge in [-0.1, -0.05) is 6.07 Å². The Morgan fingerprint density at radius 2 is 2.00 bits per heavy atom. The van der Waals surface area contributed by atoms with Crippen LogP contribution in [0.4, 0.5) is 5.82 Å². The molecule has 0 amide bonds. The second kappa shape index (κ2) is 5.57. The average Bonchev–Trinajstić information content (AvgIpc) is 2.48. The molecule has 4 heteroatoms. The molecule has 0 saturated carbocycles. The molecule has 0 bridgehead atoms. The van der Waals surface area contributed by atoms with E-state index in [1.165, 1.54) is 24.1 Å². The average molecular weight is 268 g/mol. The summed E-state index contributed by atoms with van der Waals surface area (Å²) in [5.41, 5.74) is 4.50. The van der Waals surface area contributed by atoms with Gasteiger partial charge in [0.05, 0.1) is 0 Å². The predicted molar refractivity (Wildman–Crippen MR) is 80.8 cm³/mol. The van der Waals surface area contributed by atoms with Crippen LogP contribution in [0.1, 0.15) is 36.6 Å². The quantitative estimate of drug-likeness (QED) is 0.929. The summed E-state index contributed by atoms with van der Waals surface area (Å²) in [6.45, 7) is 5.01. The van der Waals surface area contributed by atoms with Gasteiger partial charge < -0.3 is 5.32 Å². The summed E-state index contributed by atoms with van der Waals surface area (Å²) in [6, 6.07) is 4.05. The zero-order valence-electron chi connectivity index (χ0n) is 12.1. The van der Waals surface area contributed by atoms with E-state index in [0.29, 0.717) is 0 Å². The number of anilines is 1. The normalized spacial score (nSPS) is 13.9. The number of aromatic nitrogens is 3. The molecule has 2 heterocycles. The maximum atomic E-state index is 4.74. The van der Waals surface area contributed by atoms with Gasteiger partial charge in [-0.25, -0.2) is 9.97 Å². The minimum atomic E-state index is 0.738. The molecule has 0 unspecified atom stereocenters. The maximum absolute atomic E-state index is 4.74. The monoisotopic (exact) mass is 268 g/mol. The molecule has 4 nitrogen and oxygen atoms in total. The number of rotatable bonds is 3. The molecule has 3 rings (SSSR count). The molecule has 0 atom stereocenters. The van der Waals surface area contributed by atoms with Crippen molar-refractivity contribution in [3.63, 3.8) is 0 Å². The van der Waals surface area contributed by atoms with Crippen molar-refractivity contribution in [3.05, 3.63) is 35.2 Å². The number of nitrogens with one attached hydrogen (secondary N) is 1. The lowest BCUT2D eigenvalue weighted by Crippen LogP contribution is -2.13. The number of pyridine rings is 1. The van der Waals surface area contributed by atoms with Gasteiger partial charge in [-0.2, -0.15) is 0 Å². The Hall–Kier alpha value is -1.97. The smallest absolute Gasteiger partial charge is 0.180 e. The van der Waals surface area contributed by atoms with Crippen LogP contribution in [0.3, 0.4) is 0 Å². The Kier molecular flexibility index (Phi) is 3.63. The number of nitrogens with zero attached hydrogens (tertiary/aromatic N) is 3. The first-order chi connectivity index (χ1) is 9.78. The largest absolute Gasteiger partial charge is 0.370 e. The SMILES string of the molecule is CCNc1nc(-c2ccc(C)cn2)nc2c1CCCC2. The van der Waals surface area contributed by atoms with Gasteiger partial charge in [-0.15, -0.1) is 0 Å². The topological polar surface area (TPSA) is 50.7 Å². The van der Waals surface area contributed by atoms with Crippen molar-refractivity contribution < 1.29 is 0 Å². The third-order valence-electron chi connectivity index (χ3n) is 3.67. The first kappa shape index (κ1) is 13.0.